The molecule has 0 aromatic heterocycles. The van der Waals surface area contributed by atoms with Crippen LogP contribution in [0.4, 0.5) is 0 Å². The van der Waals surface area contributed by atoms with Crippen LogP contribution in [0.15, 0.2) is 29.3 Å². The molecular formula is C15H24N2O. The largest absolute Gasteiger partial charge is 0.369 e. The molecule has 0 aromatic rings. The molecule has 0 heterocycles. The van der Waals surface area contributed by atoms with Crippen molar-refractivity contribution in [2.24, 2.45) is 22.6 Å². The Morgan fingerprint density at radius 2 is 2.17 bits per heavy atom. The third kappa shape index (κ3) is 3.56. The highest BCUT2D eigenvalue weighted by atomic mass is 16.1. The van der Waals surface area contributed by atoms with Gasteiger partial charge in [0.1, 0.15) is 0 Å². The fraction of sp³-hybridized carbons (Fsp3) is 0.600. The van der Waals surface area contributed by atoms with Crippen molar-refractivity contribution in [3.63, 3.8) is 0 Å². The smallest absolute Gasteiger partial charge is 0.226 e. The third-order valence-corrected chi connectivity index (χ3v) is 3.73. The summed E-state index contributed by atoms with van der Waals surface area (Å²) >= 11 is 0. The molecule has 1 saturated carbocycles. The normalized spacial score (nSPS) is 27.1. The number of aliphatic imine (C=N–C) groups is 1. The topological polar surface area (TPSA) is 55.4 Å². The number of amides is 1. The van der Waals surface area contributed by atoms with Crippen LogP contribution in [-0.4, -0.2) is 17.7 Å². The first-order valence-corrected chi connectivity index (χ1v) is 6.64. The Labute approximate surface area is 110 Å². The molecule has 0 radical (unpaired) electrons. The number of primary amides is 1. The van der Waals surface area contributed by atoms with E-state index in [-0.39, 0.29) is 11.8 Å². The molecule has 1 amide bonds. The highest BCUT2D eigenvalue weighted by Gasteiger charge is 2.25. The average Bonchev–Trinajstić information content (AvgIpc) is 2.71. The minimum absolute atomic E-state index is 0.323. The van der Waals surface area contributed by atoms with Crippen LogP contribution in [0.2, 0.25) is 0 Å². The number of rotatable bonds is 5. The molecule has 3 atom stereocenters. The number of allylic oxidation sites excluding steroid dienone is 3. The van der Waals surface area contributed by atoms with Gasteiger partial charge >= 0.3 is 0 Å². The van der Waals surface area contributed by atoms with Gasteiger partial charge in [0.2, 0.25) is 5.91 Å². The maximum absolute atomic E-state index is 11.4. The number of nitrogens with zero attached hydrogens (tertiary/aromatic N) is 1. The SMILES string of the molecule is C=C/C=C(\C)C(=NC1CCCC1C)C(C)C(N)=O. The van der Waals surface area contributed by atoms with E-state index in [0.29, 0.717) is 12.0 Å². The Hall–Kier alpha value is -1.38. The van der Waals surface area contributed by atoms with E-state index in [4.69, 9.17) is 10.7 Å². The molecule has 0 aliphatic heterocycles. The summed E-state index contributed by atoms with van der Waals surface area (Å²) in [4.78, 5) is 16.2. The summed E-state index contributed by atoms with van der Waals surface area (Å²) < 4.78 is 0. The summed E-state index contributed by atoms with van der Waals surface area (Å²) in [6, 6.07) is 0.329. The first-order valence-electron chi connectivity index (χ1n) is 6.64. The van der Waals surface area contributed by atoms with Crippen molar-refractivity contribution in [2.75, 3.05) is 0 Å². The van der Waals surface area contributed by atoms with E-state index < -0.39 is 0 Å². The molecule has 3 unspecified atom stereocenters. The van der Waals surface area contributed by atoms with Gasteiger partial charge in [0.15, 0.2) is 0 Å². The predicted molar refractivity (Wildman–Crippen MR) is 76.6 cm³/mol. The molecule has 3 nitrogen and oxygen atoms in total. The molecule has 0 aromatic carbocycles. The predicted octanol–water partition coefficient (Wildman–Crippen LogP) is 2.87. The zero-order valence-electron chi connectivity index (χ0n) is 11.6. The zero-order valence-corrected chi connectivity index (χ0v) is 11.6. The van der Waals surface area contributed by atoms with Gasteiger partial charge in [-0.1, -0.05) is 32.1 Å². The van der Waals surface area contributed by atoms with Crippen molar-refractivity contribution >= 4 is 11.6 Å². The maximum atomic E-state index is 11.4. The van der Waals surface area contributed by atoms with Gasteiger partial charge in [-0.05, 0) is 38.2 Å². The summed E-state index contributed by atoms with van der Waals surface area (Å²) in [7, 11) is 0. The van der Waals surface area contributed by atoms with Crippen LogP contribution in [0.3, 0.4) is 0 Å². The molecule has 100 valence electrons. The van der Waals surface area contributed by atoms with Crippen LogP contribution < -0.4 is 5.73 Å². The highest BCUT2D eigenvalue weighted by molar-refractivity contribution is 6.12. The number of carbonyl (C=O) groups is 1. The van der Waals surface area contributed by atoms with Crippen LogP contribution in [-0.2, 0) is 4.79 Å². The van der Waals surface area contributed by atoms with Gasteiger partial charge in [-0.25, -0.2) is 0 Å². The zero-order chi connectivity index (χ0) is 13.7. The number of hydrogen-bond donors (Lipinski definition) is 1. The lowest BCUT2D eigenvalue weighted by Gasteiger charge is -2.17. The second kappa shape index (κ2) is 6.53. The van der Waals surface area contributed by atoms with Crippen LogP contribution in [0.25, 0.3) is 0 Å². The summed E-state index contributed by atoms with van der Waals surface area (Å²) in [5, 5.41) is 0. The lowest BCUT2D eigenvalue weighted by atomic mass is 9.97. The molecule has 18 heavy (non-hydrogen) atoms. The third-order valence-electron chi connectivity index (χ3n) is 3.73. The molecule has 2 N–H and O–H groups in total. The summed E-state index contributed by atoms with van der Waals surface area (Å²) in [6.07, 6.45) is 7.15. The van der Waals surface area contributed by atoms with E-state index in [1.165, 1.54) is 12.8 Å². The summed E-state index contributed by atoms with van der Waals surface area (Å²) in [5.74, 6) is -0.0678. The van der Waals surface area contributed by atoms with Gasteiger partial charge in [0.25, 0.3) is 0 Å². The molecule has 1 fully saturated rings. The van der Waals surface area contributed by atoms with Crippen molar-refractivity contribution in [2.45, 2.75) is 46.1 Å². The second-order valence-electron chi connectivity index (χ2n) is 5.20. The Kier molecular flexibility index (Phi) is 5.32. The standard InChI is InChI=1S/C15H24N2O/c1-5-7-11(3)14(12(4)15(16)18)17-13-9-6-8-10(13)2/h5,7,10,12-13H,1,6,8-9H2,2-4H3,(H2,16,18)/b11-7+,17-14?. The molecule has 1 rings (SSSR count). The van der Waals surface area contributed by atoms with E-state index in [1.807, 2.05) is 19.9 Å². The molecule has 0 spiro atoms. The lowest BCUT2D eigenvalue weighted by molar-refractivity contribution is -0.119. The Morgan fingerprint density at radius 1 is 1.50 bits per heavy atom. The van der Waals surface area contributed by atoms with E-state index in [1.54, 1.807) is 6.08 Å². The minimum atomic E-state index is -0.339. The van der Waals surface area contributed by atoms with Gasteiger partial charge in [0, 0.05) is 0 Å². The van der Waals surface area contributed by atoms with Crippen LogP contribution in [0.1, 0.15) is 40.0 Å². The molecular weight excluding hydrogens is 224 g/mol. The van der Waals surface area contributed by atoms with Gasteiger partial charge in [-0.15, -0.1) is 0 Å². The maximum Gasteiger partial charge on any atom is 0.226 e. The second-order valence-corrected chi connectivity index (χ2v) is 5.20. The Bertz CT molecular complexity index is 382. The minimum Gasteiger partial charge on any atom is -0.369 e. The fourth-order valence-corrected chi connectivity index (χ4v) is 2.45. The molecule has 1 aliphatic carbocycles. The van der Waals surface area contributed by atoms with Gasteiger partial charge in [-0.3, -0.25) is 9.79 Å². The number of nitrogens with two attached hydrogens (primary N) is 1. The van der Waals surface area contributed by atoms with E-state index in [9.17, 15) is 4.79 Å². The van der Waals surface area contributed by atoms with Crippen molar-refractivity contribution in [3.05, 3.63) is 24.3 Å². The van der Waals surface area contributed by atoms with Crippen molar-refractivity contribution in [3.8, 4) is 0 Å². The summed E-state index contributed by atoms with van der Waals surface area (Å²) in [5.41, 5.74) is 7.21. The van der Waals surface area contributed by atoms with E-state index in [2.05, 4.69) is 13.5 Å². The monoisotopic (exact) mass is 248 g/mol. The van der Waals surface area contributed by atoms with Crippen molar-refractivity contribution in [1.29, 1.82) is 0 Å². The van der Waals surface area contributed by atoms with Crippen molar-refractivity contribution < 1.29 is 4.79 Å². The Balaban J connectivity index is 3.03. The van der Waals surface area contributed by atoms with E-state index >= 15 is 0 Å². The van der Waals surface area contributed by atoms with Gasteiger partial charge in [-0.2, -0.15) is 0 Å². The van der Waals surface area contributed by atoms with E-state index in [0.717, 1.165) is 17.7 Å². The quantitative estimate of drug-likeness (QED) is 0.590. The Morgan fingerprint density at radius 3 is 2.61 bits per heavy atom. The first-order chi connectivity index (χ1) is 8.47. The number of hydrogen-bond acceptors (Lipinski definition) is 2. The first kappa shape index (κ1) is 14.7. The average molecular weight is 248 g/mol. The molecule has 0 bridgehead atoms. The molecule has 1 aliphatic rings. The van der Waals surface area contributed by atoms with Crippen LogP contribution in [0, 0.1) is 11.8 Å². The van der Waals surface area contributed by atoms with Gasteiger partial charge in [0.05, 0.1) is 17.7 Å². The lowest BCUT2D eigenvalue weighted by Crippen LogP contribution is -2.30. The van der Waals surface area contributed by atoms with Crippen molar-refractivity contribution in [1.82, 2.24) is 0 Å². The van der Waals surface area contributed by atoms with Crippen LogP contribution in [0.5, 0.6) is 0 Å². The summed E-state index contributed by atoms with van der Waals surface area (Å²) in [6.45, 7) is 9.69. The van der Waals surface area contributed by atoms with Crippen LogP contribution >= 0.6 is 0 Å². The van der Waals surface area contributed by atoms with Gasteiger partial charge < -0.3 is 5.73 Å². The molecule has 3 heteroatoms. The number of carbonyl (C=O) groups excluding carboxylic acids is 1. The fourth-order valence-electron chi connectivity index (χ4n) is 2.45. The highest BCUT2D eigenvalue weighted by Crippen LogP contribution is 2.28. The molecule has 0 saturated heterocycles.